The number of nitrogens with one attached hydrogen (secondary N) is 1. The predicted molar refractivity (Wildman–Crippen MR) is 85.2 cm³/mol. The van der Waals surface area contributed by atoms with Gasteiger partial charge in [-0.05, 0) is 35.9 Å². The number of nitrogens with two attached hydrogens (primary N) is 1. The summed E-state index contributed by atoms with van der Waals surface area (Å²) in [5.74, 6) is -1.07. The number of benzene rings is 2. The van der Waals surface area contributed by atoms with Crippen LogP contribution in [0.2, 0.25) is 0 Å². The third kappa shape index (κ3) is 4.29. The molecule has 0 aromatic heterocycles. The summed E-state index contributed by atoms with van der Waals surface area (Å²) in [5, 5.41) is 2.53. The molecule has 2 aromatic carbocycles. The first kappa shape index (κ1) is 15.0. The molecule has 0 saturated carbocycles. The van der Waals surface area contributed by atoms with Gasteiger partial charge in [-0.25, -0.2) is 0 Å². The van der Waals surface area contributed by atoms with Gasteiger partial charge in [0, 0.05) is 10.0 Å². The fourth-order valence-electron chi connectivity index (χ4n) is 1.68. The molecular formula is C16H13BrN2O2. The molecule has 4 nitrogen and oxygen atoms in total. The Hall–Kier alpha value is -2.40. The molecule has 0 radical (unpaired) electrons. The number of primary amides is 1. The Bertz CT molecular complexity index is 679. The van der Waals surface area contributed by atoms with E-state index in [1.165, 1.54) is 6.08 Å². The van der Waals surface area contributed by atoms with Gasteiger partial charge in [0.25, 0.3) is 11.8 Å². The molecule has 0 spiro atoms. The fourth-order valence-corrected chi connectivity index (χ4v) is 1.94. The van der Waals surface area contributed by atoms with Crippen molar-refractivity contribution < 1.29 is 9.59 Å². The Morgan fingerprint density at radius 2 is 1.62 bits per heavy atom. The van der Waals surface area contributed by atoms with E-state index in [2.05, 4.69) is 21.2 Å². The summed E-state index contributed by atoms with van der Waals surface area (Å²) >= 11 is 3.33. The molecular weight excluding hydrogens is 332 g/mol. The van der Waals surface area contributed by atoms with Gasteiger partial charge in [-0.3, -0.25) is 9.59 Å². The monoisotopic (exact) mass is 344 g/mol. The van der Waals surface area contributed by atoms with Crippen LogP contribution >= 0.6 is 15.9 Å². The number of carbonyl (C=O) groups excluding carboxylic acids is 2. The molecule has 0 unspecified atom stereocenters. The first-order chi connectivity index (χ1) is 10.1. The van der Waals surface area contributed by atoms with E-state index in [0.717, 1.165) is 10.0 Å². The Morgan fingerprint density at radius 1 is 1.00 bits per heavy atom. The lowest BCUT2D eigenvalue weighted by atomic mass is 10.1. The van der Waals surface area contributed by atoms with Crippen molar-refractivity contribution in [1.29, 1.82) is 0 Å². The molecule has 0 atom stereocenters. The molecule has 0 aliphatic heterocycles. The smallest absolute Gasteiger partial charge is 0.265 e. The quantitative estimate of drug-likeness (QED) is 0.837. The lowest BCUT2D eigenvalue weighted by Crippen LogP contribution is -2.31. The van der Waals surface area contributed by atoms with E-state index >= 15 is 0 Å². The fraction of sp³-hybridized carbons (Fsp3) is 0. The number of amides is 2. The van der Waals surface area contributed by atoms with Crippen LogP contribution in [0.1, 0.15) is 15.9 Å². The van der Waals surface area contributed by atoms with Gasteiger partial charge in [0.1, 0.15) is 5.70 Å². The molecule has 0 aliphatic rings. The third-order valence-corrected chi connectivity index (χ3v) is 3.26. The van der Waals surface area contributed by atoms with Crippen LogP contribution in [0.3, 0.4) is 0 Å². The number of halogens is 1. The van der Waals surface area contributed by atoms with Crippen molar-refractivity contribution in [3.8, 4) is 0 Å². The van der Waals surface area contributed by atoms with Gasteiger partial charge in [-0.15, -0.1) is 0 Å². The van der Waals surface area contributed by atoms with Gasteiger partial charge in [0.2, 0.25) is 0 Å². The predicted octanol–water partition coefficient (Wildman–Crippen LogP) is 2.71. The minimum atomic E-state index is -0.692. The van der Waals surface area contributed by atoms with Gasteiger partial charge in [0.15, 0.2) is 0 Å². The van der Waals surface area contributed by atoms with Gasteiger partial charge < -0.3 is 11.1 Å². The number of hydrogen-bond donors (Lipinski definition) is 2. The maximum Gasteiger partial charge on any atom is 0.265 e. The van der Waals surface area contributed by atoms with Gasteiger partial charge in [0.05, 0.1) is 0 Å². The molecule has 0 bridgehead atoms. The van der Waals surface area contributed by atoms with Crippen LogP contribution in [-0.2, 0) is 4.79 Å². The molecule has 3 N–H and O–H groups in total. The van der Waals surface area contributed by atoms with E-state index in [1.807, 2.05) is 30.3 Å². The molecule has 2 amide bonds. The highest BCUT2D eigenvalue weighted by Gasteiger charge is 2.11. The van der Waals surface area contributed by atoms with Crippen molar-refractivity contribution in [3.63, 3.8) is 0 Å². The average Bonchev–Trinajstić information content (AvgIpc) is 2.49. The summed E-state index contributed by atoms with van der Waals surface area (Å²) in [4.78, 5) is 23.5. The minimum absolute atomic E-state index is 0.0474. The first-order valence-corrected chi connectivity index (χ1v) is 6.99. The second-order valence-electron chi connectivity index (χ2n) is 4.29. The van der Waals surface area contributed by atoms with E-state index in [0.29, 0.717) is 5.56 Å². The number of carbonyl (C=O) groups is 2. The summed E-state index contributed by atoms with van der Waals surface area (Å²) < 4.78 is 0.925. The molecule has 0 saturated heterocycles. The average molecular weight is 345 g/mol. The van der Waals surface area contributed by atoms with Gasteiger partial charge in [-0.2, -0.15) is 0 Å². The van der Waals surface area contributed by atoms with Crippen LogP contribution in [0.25, 0.3) is 6.08 Å². The summed E-state index contributed by atoms with van der Waals surface area (Å²) in [6, 6.07) is 15.9. The summed E-state index contributed by atoms with van der Waals surface area (Å²) in [6.07, 6.45) is 1.54. The molecule has 5 heteroatoms. The zero-order chi connectivity index (χ0) is 15.2. The van der Waals surface area contributed by atoms with Crippen molar-refractivity contribution in [3.05, 3.63) is 75.9 Å². The summed E-state index contributed by atoms with van der Waals surface area (Å²) in [6.45, 7) is 0. The largest absolute Gasteiger partial charge is 0.364 e. The lowest BCUT2D eigenvalue weighted by molar-refractivity contribution is -0.114. The van der Waals surface area contributed by atoms with Crippen LogP contribution < -0.4 is 11.1 Å². The van der Waals surface area contributed by atoms with Crippen molar-refractivity contribution in [2.45, 2.75) is 0 Å². The summed E-state index contributed by atoms with van der Waals surface area (Å²) in [7, 11) is 0. The van der Waals surface area contributed by atoms with Crippen LogP contribution in [0.5, 0.6) is 0 Å². The Balaban J connectivity index is 2.22. The van der Waals surface area contributed by atoms with Gasteiger partial charge in [-0.1, -0.05) is 46.3 Å². The second kappa shape index (κ2) is 6.85. The zero-order valence-corrected chi connectivity index (χ0v) is 12.6. The maximum atomic E-state index is 12.0. The standard InChI is InChI=1S/C16H13BrN2O2/c17-13-8-6-11(7-9-13)10-14(15(18)20)19-16(21)12-4-2-1-3-5-12/h1-10H,(H2,18,20)(H,19,21). The maximum absolute atomic E-state index is 12.0. The number of rotatable bonds is 4. The van der Waals surface area contributed by atoms with Crippen molar-refractivity contribution in [2.24, 2.45) is 5.73 Å². The van der Waals surface area contributed by atoms with E-state index in [-0.39, 0.29) is 11.6 Å². The van der Waals surface area contributed by atoms with Gasteiger partial charge >= 0.3 is 0 Å². The summed E-state index contributed by atoms with van der Waals surface area (Å²) in [5.41, 5.74) is 6.58. The van der Waals surface area contributed by atoms with Crippen molar-refractivity contribution in [1.82, 2.24) is 5.32 Å². The molecule has 0 fully saturated rings. The molecule has 21 heavy (non-hydrogen) atoms. The van der Waals surface area contributed by atoms with E-state index < -0.39 is 5.91 Å². The van der Waals surface area contributed by atoms with Crippen LogP contribution in [-0.4, -0.2) is 11.8 Å². The van der Waals surface area contributed by atoms with E-state index in [4.69, 9.17) is 5.73 Å². The van der Waals surface area contributed by atoms with Crippen LogP contribution in [0, 0.1) is 0 Å². The van der Waals surface area contributed by atoms with Crippen LogP contribution in [0.4, 0.5) is 0 Å². The highest BCUT2D eigenvalue weighted by molar-refractivity contribution is 9.10. The van der Waals surface area contributed by atoms with Crippen molar-refractivity contribution in [2.75, 3.05) is 0 Å². The lowest BCUT2D eigenvalue weighted by Gasteiger charge is -2.07. The number of hydrogen-bond acceptors (Lipinski definition) is 2. The molecule has 2 aromatic rings. The highest BCUT2D eigenvalue weighted by atomic mass is 79.9. The normalized spacial score (nSPS) is 11.0. The Morgan fingerprint density at radius 3 is 2.19 bits per heavy atom. The Labute approximate surface area is 130 Å². The first-order valence-electron chi connectivity index (χ1n) is 6.20. The second-order valence-corrected chi connectivity index (χ2v) is 5.21. The minimum Gasteiger partial charge on any atom is -0.364 e. The zero-order valence-electron chi connectivity index (χ0n) is 11.0. The van der Waals surface area contributed by atoms with E-state index in [1.54, 1.807) is 24.3 Å². The molecule has 0 heterocycles. The third-order valence-electron chi connectivity index (χ3n) is 2.73. The molecule has 0 aliphatic carbocycles. The topological polar surface area (TPSA) is 72.2 Å². The van der Waals surface area contributed by atoms with Crippen molar-refractivity contribution >= 4 is 33.8 Å². The molecule has 106 valence electrons. The van der Waals surface area contributed by atoms with Crippen LogP contribution in [0.15, 0.2) is 64.8 Å². The molecule has 2 rings (SSSR count). The Kier molecular flexibility index (Phi) is 4.90. The SMILES string of the molecule is NC(=O)C(=Cc1ccc(Br)cc1)NC(=O)c1ccccc1. The highest BCUT2D eigenvalue weighted by Crippen LogP contribution is 2.13. The van der Waals surface area contributed by atoms with E-state index in [9.17, 15) is 9.59 Å².